The molecule has 3 rings (SSSR count). The molecule has 3 fully saturated rings. The number of likely N-dealkylation sites (N-methyl/N-ethyl adjacent to an activating group) is 1. The van der Waals surface area contributed by atoms with Crippen LogP contribution in [-0.4, -0.2) is 47.9 Å². The van der Waals surface area contributed by atoms with Crippen molar-refractivity contribution in [3.8, 4) is 0 Å². The number of hydrogen-bond donors (Lipinski definition) is 0. The average Bonchev–Trinajstić information content (AvgIpc) is 2.88. The van der Waals surface area contributed by atoms with E-state index in [2.05, 4.69) is 16.8 Å². The molecule has 0 N–H and O–H groups in total. The van der Waals surface area contributed by atoms with Crippen LogP contribution in [0.15, 0.2) is 0 Å². The van der Waals surface area contributed by atoms with Gasteiger partial charge in [-0.15, -0.1) is 0 Å². The van der Waals surface area contributed by atoms with Gasteiger partial charge in [-0.2, -0.15) is 0 Å². The summed E-state index contributed by atoms with van der Waals surface area (Å²) in [7, 11) is 2.19. The predicted octanol–water partition coefficient (Wildman–Crippen LogP) is 1.48. The van der Waals surface area contributed by atoms with Crippen LogP contribution < -0.4 is 0 Å². The van der Waals surface area contributed by atoms with Crippen molar-refractivity contribution in [3.63, 3.8) is 0 Å². The van der Waals surface area contributed by atoms with Crippen LogP contribution in [-0.2, 0) is 4.79 Å². The van der Waals surface area contributed by atoms with Gasteiger partial charge in [-0.1, -0.05) is 19.3 Å². The molecule has 0 aromatic carbocycles. The molecule has 3 nitrogen and oxygen atoms in total. The highest BCUT2D eigenvalue weighted by Gasteiger charge is 2.44. The third kappa shape index (κ3) is 1.65. The van der Waals surface area contributed by atoms with Gasteiger partial charge < -0.3 is 4.90 Å². The molecule has 0 radical (unpaired) electrons. The molecule has 90 valence electrons. The molecule has 2 bridgehead atoms. The summed E-state index contributed by atoms with van der Waals surface area (Å²) in [6.07, 6.45) is 7.36. The van der Waals surface area contributed by atoms with Crippen molar-refractivity contribution >= 4 is 5.91 Å². The molecule has 2 atom stereocenters. The Labute approximate surface area is 97.8 Å². The minimum atomic E-state index is 0.360. The van der Waals surface area contributed by atoms with Gasteiger partial charge in [-0.05, 0) is 26.3 Å². The van der Waals surface area contributed by atoms with Crippen LogP contribution in [0.3, 0.4) is 0 Å². The van der Waals surface area contributed by atoms with Gasteiger partial charge in [0.2, 0.25) is 5.91 Å². The van der Waals surface area contributed by atoms with Crippen molar-refractivity contribution in [2.75, 3.05) is 20.1 Å². The van der Waals surface area contributed by atoms with E-state index < -0.39 is 0 Å². The molecule has 1 aliphatic carbocycles. The van der Waals surface area contributed by atoms with Crippen LogP contribution in [0.2, 0.25) is 0 Å². The van der Waals surface area contributed by atoms with Crippen LogP contribution in [0.4, 0.5) is 0 Å². The fraction of sp³-hybridized carbons (Fsp3) is 0.923. The van der Waals surface area contributed by atoms with Crippen LogP contribution >= 0.6 is 0 Å². The van der Waals surface area contributed by atoms with E-state index in [0.29, 0.717) is 23.9 Å². The third-order valence-corrected chi connectivity index (χ3v) is 4.75. The first-order valence-electron chi connectivity index (χ1n) is 6.76. The van der Waals surface area contributed by atoms with Gasteiger partial charge in [0.15, 0.2) is 0 Å². The summed E-state index contributed by atoms with van der Waals surface area (Å²) >= 11 is 0. The van der Waals surface area contributed by atoms with E-state index in [9.17, 15) is 4.79 Å². The van der Waals surface area contributed by atoms with Crippen LogP contribution in [0.25, 0.3) is 0 Å². The quantitative estimate of drug-likeness (QED) is 0.671. The second-order valence-corrected chi connectivity index (χ2v) is 5.81. The minimum absolute atomic E-state index is 0.360. The maximum Gasteiger partial charge on any atom is 0.226 e. The zero-order valence-electron chi connectivity index (χ0n) is 10.2. The molecule has 2 unspecified atom stereocenters. The van der Waals surface area contributed by atoms with Gasteiger partial charge in [-0.3, -0.25) is 9.69 Å². The summed E-state index contributed by atoms with van der Waals surface area (Å²) in [5.74, 6) is 0.832. The number of hydrogen-bond acceptors (Lipinski definition) is 2. The van der Waals surface area contributed by atoms with Crippen molar-refractivity contribution < 1.29 is 4.79 Å². The molecule has 2 heterocycles. The third-order valence-electron chi connectivity index (χ3n) is 4.75. The first kappa shape index (κ1) is 10.6. The van der Waals surface area contributed by atoms with Gasteiger partial charge >= 0.3 is 0 Å². The number of nitrogens with zero attached hydrogens (tertiary/aromatic N) is 2. The second kappa shape index (κ2) is 4.02. The number of piperazine rings is 1. The molecule has 1 amide bonds. The SMILES string of the molecule is CN1CC2CC1CN2C(=O)C1CCCCC1. The summed E-state index contributed by atoms with van der Waals surface area (Å²) < 4.78 is 0. The van der Waals surface area contributed by atoms with E-state index in [1.165, 1.54) is 25.7 Å². The number of rotatable bonds is 1. The van der Waals surface area contributed by atoms with Crippen molar-refractivity contribution in [2.24, 2.45) is 5.92 Å². The van der Waals surface area contributed by atoms with Crippen LogP contribution in [0.1, 0.15) is 38.5 Å². The lowest BCUT2D eigenvalue weighted by Gasteiger charge is -2.35. The molecule has 1 saturated carbocycles. The first-order valence-corrected chi connectivity index (χ1v) is 6.76. The predicted molar refractivity (Wildman–Crippen MR) is 63.1 cm³/mol. The number of carbonyl (C=O) groups is 1. The van der Waals surface area contributed by atoms with Crippen LogP contribution in [0.5, 0.6) is 0 Å². The Morgan fingerprint density at radius 2 is 1.81 bits per heavy atom. The first-order chi connectivity index (χ1) is 7.75. The summed E-state index contributed by atoms with van der Waals surface area (Å²) in [6, 6.07) is 1.18. The highest BCUT2D eigenvalue weighted by Crippen LogP contribution is 2.33. The smallest absolute Gasteiger partial charge is 0.226 e. The molecule has 3 heteroatoms. The van der Waals surface area contributed by atoms with Crippen molar-refractivity contribution in [1.29, 1.82) is 0 Å². The summed E-state index contributed by atoms with van der Waals surface area (Å²) in [4.78, 5) is 17.0. The number of carbonyl (C=O) groups excluding carboxylic acids is 1. The summed E-state index contributed by atoms with van der Waals surface area (Å²) in [6.45, 7) is 2.10. The molecule has 0 aromatic heterocycles. The summed E-state index contributed by atoms with van der Waals surface area (Å²) in [5, 5.41) is 0. The number of likely N-dealkylation sites (tertiary alicyclic amines) is 2. The Bertz CT molecular complexity index is 284. The van der Waals surface area contributed by atoms with E-state index >= 15 is 0 Å². The van der Waals surface area contributed by atoms with Gasteiger partial charge in [0, 0.05) is 31.1 Å². The minimum Gasteiger partial charge on any atom is -0.337 e. The largest absolute Gasteiger partial charge is 0.337 e. The molecule has 3 aliphatic rings. The van der Waals surface area contributed by atoms with Gasteiger partial charge in [0.25, 0.3) is 0 Å². The Morgan fingerprint density at radius 1 is 1.06 bits per heavy atom. The fourth-order valence-electron chi connectivity index (χ4n) is 3.72. The topological polar surface area (TPSA) is 23.6 Å². The van der Waals surface area contributed by atoms with Crippen LogP contribution in [0, 0.1) is 5.92 Å². The number of fused-ring (bicyclic) bond motifs is 2. The standard InChI is InChI=1S/C13H22N2O/c1-14-8-12-7-11(14)9-15(12)13(16)10-5-3-2-4-6-10/h10-12H,2-9H2,1H3. The highest BCUT2D eigenvalue weighted by atomic mass is 16.2. The molecule has 0 spiro atoms. The van der Waals surface area contributed by atoms with E-state index in [4.69, 9.17) is 0 Å². The van der Waals surface area contributed by atoms with Gasteiger partial charge in [0.05, 0.1) is 0 Å². The molecular weight excluding hydrogens is 200 g/mol. The molecule has 0 aromatic rings. The van der Waals surface area contributed by atoms with Crippen molar-refractivity contribution in [3.05, 3.63) is 0 Å². The summed E-state index contributed by atoms with van der Waals surface area (Å²) in [5.41, 5.74) is 0. The Kier molecular flexibility index (Phi) is 2.66. The lowest BCUT2D eigenvalue weighted by molar-refractivity contribution is -0.138. The van der Waals surface area contributed by atoms with Crippen molar-refractivity contribution in [1.82, 2.24) is 9.80 Å². The van der Waals surface area contributed by atoms with E-state index in [-0.39, 0.29) is 0 Å². The maximum absolute atomic E-state index is 12.4. The van der Waals surface area contributed by atoms with E-state index in [1.807, 2.05) is 0 Å². The van der Waals surface area contributed by atoms with E-state index in [0.717, 1.165) is 25.9 Å². The van der Waals surface area contributed by atoms with Crippen molar-refractivity contribution in [2.45, 2.75) is 50.6 Å². The lowest BCUT2D eigenvalue weighted by atomic mass is 9.88. The zero-order chi connectivity index (χ0) is 11.1. The zero-order valence-corrected chi connectivity index (χ0v) is 10.2. The van der Waals surface area contributed by atoms with Gasteiger partial charge in [0.1, 0.15) is 0 Å². The monoisotopic (exact) mass is 222 g/mol. The molecule has 16 heavy (non-hydrogen) atoms. The number of amides is 1. The highest BCUT2D eigenvalue weighted by molar-refractivity contribution is 5.79. The fourth-order valence-corrected chi connectivity index (χ4v) is 3.72. The van der Waals surface area contributed by atoms with Gasteiger partial charge in [-0.25, -0.2) is 0 Å². The molecule has 2 aliphatic heterocycles. The maximum atomic E-state index is 12.4. The normalized spacial score (nSPS) is 35.9. The molecular formula is C13H22N2O. The Morgan fingerprint density at radius 3 is 2.38 bits per heavy atom. The lowest BCUT2D eigenvalue weighted by Crippen LogP contribution is -2.49. The molecule has 2 saturated heterocycles. The van der Waals surface area contributed by atoms with E-state index in [1.54, 1.807) is 0 Å². The Hall–Kier alpha value is -0.570. The second-order valence-electron chi connectivity index (χ2n) is 5.81. The Balaban J connectivity index is 1.63. The average molecular weight is 222 g/mol.